The molecule has 1 aliphatic rings. The van der Waals surface area contributed by atoms with E-state index in [2.05, 4.69) is 21.4 Å². The van der Waals surface area contributed by atoms with Crippen molar-refractivity contribution in [3.8, 4) is 6.07 Å². The molecule has 1 fully saturated rings. The van der Waals surface area contributed by atoms with Gasteiger partial charge in [0.2, 0.25) is 0 Å². The number of nitriles is 1. The maximum Gasteiger partial charge on any atom is 0.133 e. The normalized spacial score (nSPS) is 15.3. The van der Waals surface area contributed by atoms with E-state index in [0.717, 1.165) is 0 Å². The smallest absolute Gasteiger partial charge is 0.133 e. The van der Waals surface area contributed by atoms with Crippen LogP contribution in [-0.4, -0.2) is 9.97 Å². The van der Waals surface area contributed by atoms with E-state index in [1.54, 1.807) is 18.3 Å². The summed E-state index contributed by atoms with van der Waals surface area (Å²) in [7, 11) is 0. The molecule has 0 amide bonds. The Kier molecular flexibility index (Phi) is 4.55. The molecule has 1 saturated carbocycles. The lowest BCUT2D eigenvalue weighted by atomic mass is 9.84. The quantitative estimate of drug-likeness (QED) is 0.827. The van der Waals surface area contributed by atoms with Gasteiger partial charge in [0.25, 0.3) is 0 Å². The lowest BCUT2D eigenvalue weighted by Gasteiger charge is -2.22. The summed E-state index contributed by atoms with van der Waals surface area (Å²) in [5, 5.41) is 12.6. The topological polar surface area (TPSA) is 61.6 Å². The molecule has 0 aliphatic heterocycles. The maximum atomic E-state index is 8.94. The zero-order valence-corrected chi connectivity index (χ0v) is 13.0. The molecule has 1 aliphatic carbocycles. The molecular formula is C17H17ClN4. The van der Waals surface area contributed by atoms with Gasteiger partial charge in [0, 0.05) is 6.20 Å². The van der Waals surface area contributed by atoms with Crippen molar-refractivity contribution in [2.24, 2.45) is 0 Å². The Morgan fingerprint density at radius 3 is 2.73 bits per heavy atom. The molecule has 5 heteroatoms. The van der Waals surface area contributed by atoms with Gasteiger partial charge in [-0.15, -0.1) is 0 Å². The van der Waals surface area contributed by atoms with E-state index in [-0.39, 0.29) is 0 Å². The number of nitrogens with zero attached hydrogens (tertiary/aromatic N) is 3. The van der Waals surface area contributed by atoms with Gasteiger partial charge in [-0.3, -0.25) is 0 Å². The van der Waals surface area contributed by atoms with E-state index in [9.17, 15) is 0 Å². The van der Waals surface area contributed by atoms with Crippen molar-refractivity contribution in [2.45, 2.75) is 38.0 Å². The van der Waals surface area contributed by atoms with Crippen molar-refractivity contribution < 1.29 is 0 Å². The Hall–Kier alpha value is -2.12. The fraction of sp³-hybridized carbons (Fsp3) is 0.353. The summed E-state index contributed by atoms with van der Waals surface area (Å²) in [4.78, 5) is 8.52. The number of pyridine rings is 2. The molecule has 2 aromatic rings. The molecule has 4 nitrogen and oxygen atoms in total. The van der Waals surface area contributed by atoms with Crippen LogP contribution in [0.4, 0.5) is 11.6 Å². The molecular weight excluding hydrogens is 296 g/mol. The summed E-state index contributed by atoms with van der Waals surface area (Å²) in [6, 6.07) is 9.47. The second-order valence-corrected chi connectivity index (χ2v) is 6.00. The summed E-state index contributed by atoms with van der Waals surface area (Å²) < 4.78 is 0. The second kappa shape index (κ2) is 6.76. The molecule has 0 unspecified atom stereocenters. The van der Waals surface area contributed by atoms with E-state index in [0.29, 0.717) is 28.3 Å². The second-order valence-electron chi connectivity index (χ2n) is 5.61. The third kappa shape index (κ3) is 3.55. The van der Waals surface area contributed by atoms with Gasteiger partial charge in [-0.2, -0.15) is 5.26 Å². The van der Waals surface area contributed by atoms with Crippen molar-refractivity contribution in [2.75, 3.05) is 5.32 Å². The van der Waals surface area contributed by atoms with Crippen molar-refractivity contribution in [3.05, 3.63) is 46.7 Å². The Morgan fingerprint density at radius 2 is 1.95 bits per heavy atom. The van der Waals surface area contributed by atoms with Gasteiger partial charge in [0.1, 0.15) is 16.8 Å². The summed E-state index contributed by atoms with van der Waals surface area (Å²) in [5.41, 5.74) is 1.80. The zero-order chi connectivity index (χ0) is 15.4. The van der Waals surface area contributed by atoms with Crippen LogP contribution in [0.3, 0.4) is 0 Å². The van der Waals surface area contributed by atoms with Crippen LogP contribution in [0.25, 0.3) is 0 Å². The van der Waals surface area contributed by atoms with E-state index >= 15 is 0 Å². The SMILES string of the molecule is N#Cc1ccnc(Nc2cc(C3CCCCC3)cc(Cl)n2)c1. The van der Waals surface area contributed by atoms with Crippen LogP contribution in [0.1, 0.15) is 49.1 Å². The standard InChI is InChI=1S/C17H17ClN4/c18-15-9-14(13-4-2-1-3-5-13)10-17(21-15)22-16-8-12(11-19)6-7-20-16/h6-10,13H,1-5H2,(H,20,21,22). The Morgan fingerprint density at radius 1 is 1.14 bits per heavy atom. The Bertz CT molecular complexity index is 702. The van der Waals surface area contributed by atoms with E-state index in [1.165, 1.54) is 37.7 Å². The van der Waals surface area contributed by atoms with Gasteiger partial charge >= 0.3 is 0 Å². The van der Waals surface area contributed by atoms with E-state index in [1.807, 2.05) is 12.1 Å². The van der Waals surface area contributed by atoms with E-state index < -0.39 is 0 Å². The van der Waals surface area contributed by atoms with Gasteiger partial charge < -0.3 is 5.32 Å². The average Bonchev–Trinajstić information content (AvgIpc) is 2.55. The first-order valence-electron chi connectivity index (χ1n) is 7.55. The van der Waals surface area contributed by atoms with Gasteiger partial charge in [-0.25, -0.2) is 9.97 Å². The van der Waals surface area contributed by atoms with Crippen molar-refractivity contribution in [3.63, 3.8) is 0 Å². The number of aromatic nitrogens is 2. The first-order valence-corrected chi connectivity index (χ1v) is 7.93. The molecule has 0 bridgehead atoms. The lowest BCUT2D eigenvalue weighted by molar-refractivity contribution is 0.443. The number of hydrogen-bond donors (Lipinski definition) is 1. The highest BCUT2D eigenvalue weighted by Gasteiger charge is 2.17. The zero-order valence-electron chi connectivity index (χ0n) is 12.2. The van der Waals surface area contributed by atoms with Crippen molar-refractivity contribution in [1.82, 2.24) is 9.97 Å². The molecule has 0 saturated heterocycles. The molecule has 0 atom stereocenters. The van der Waals surface area contributed by atoms with Gasteiger partial charge in [0.15, 0.2) is 0 Å². The summed E-state index contributed by atoms with van der Waals surface area (Å²) in [6.07, 6.45) is 7.90. The van der Waals surface area contributed by atoms with Crippen LogP contribution in [0, 0.1) is 11.3 Å². The minimum Gasteiger partial charge on any atom is -0.325 e. The molecule has 2 aromatic heterocycles. The van der Waals surface area contributed by atoms with Crippen molar-refractivity contribution in [1.29, 1.82) is 5.26 Å². The van der Waals surface area contributed by atoms with Crippen LogP contribution in [-0.2, 0) is 0 Å². The third-order valence-electron chi connectivity index (χ3n) is 4.04. The van der Waals surface area contributed by atoms with E-state index in [4.69, 9.17) is 16.9 Å². The molecule has 1 N–H and O–H groups in total. The maximum absolute atomic E-state index is 8.94. The fourth-order valence-corrected chi connectivity index (χ4v) is 3.17. The number of anilines is 2. The Balaban J connectivity index is 1.84. The predicted molar refractivity (Wildman–Crippen MR) is 87.3 cm³/mol. The highest BCUT2D eigenvalue weighted by molar-refractivity contribution is 6.29. The van der Waals surface area contributed by atoms with Crippen LogP contribution in [0.2, 0.25) is 5.15 Å². The minimum absolute atomic E-state index is 0.488. The van der Waals surface area contributed by atoms with Crippen molar-refractivity contribution >= 4 is 23.2 Å². The average molecular weight is 313 g/mol. The minimum atomic E-state index is 0.488. The molecule has 22 heavy (non-hydrogen) atoms. The molecule has 3 rings (SSSR count). The van der Waals surface area contributed by atoms with Crippen LogP contribution in [0.5, 0.6) is 0 Å². The number of nitrogens with one attached hydrogen (secondary N) is 1. The number of hydrogen-bond acceptors (Lipinski definition) is 4. The summed E-state index contributed by atoms with van der Waals surface area (Å²) in [6.45, 7) is 0. The molecule has 112 valence electrons. The Labute approximate surface area is 135 Å². The summed E-state index contributed by atoms with van der Waals surface area (Å²) >= 11 is 6.17. The molecule has 2 heterocycles. The van der Waals surface area contributed by atoms with Crippen LogP contribution < -0.4 is 5.32 Å². The number of rotatable bonds is 3. The van der Waals surface area contributed by atoms with Gasteiger partial charge in [-0.1, -0.05) is 30.9 Å². The molecule has 0 radical (unpaired) electrons. The van der Waals surface area contributed by atoms with Gasteiger partial charge in [-0.05, 0) is 48.6 Å². The number of halogens is 1. The predicted octanol–water partition coefficient (Wildman–Crippen LogP) is 4.79. The highest BCUT2D eigenvalue weighted by atomic mass is 35.5. The third-order valence-corrected chi connectivity index (χ3v) is 4.23. The summed E-state index contributed by atoms with van der Waals surface area (Å²) in [5.74, 6) is 1.84. The first-order chi connectivity index (χ1) is 10.7. The molecule has 0 spiro atoms. The largest absolute Gasteiger partial charge is 0.325 e. The monoisotopic (exact) mass is 312 g/mol. The van der Waals surface area contributed by atoms with Crippen LogP contribution in [0.15, 0.2) is 30.5 Å². The van der Waals surface area contributed by atoms with Gasteiger partial charge in [0.05, 0.1) is 11.6 Å². The lowest BCUT2D eigenvalue weighted by Crippen LogP contribution is -2.06. The molecule has 0 aromatic carbocycles. The highest BCUT2D eigenvalue weighted by Crippen LogP contribution is 2.34. The first kappa shape index (κ1) is 14.8. The van der Waals surface area contributed by atoms with Crippen LogP contribution >= 0.6 is 11.6 Å². The fourth-order valence-electron chi connectivity index (χ4n) is 2.95.